The lowest BCUT2D eigenvalue weighted by atomic mass is 10.4. The van der Waals surface area contributed by atoms with Crippen molar-refractivity contribution >= 4 is 12.1 Å². The van der Waals surface area contributed by atoms with Crippen molar-refractivity contribution in [1.82, 2.24) is 4.98 Å². The first-order valence-electron chi connectivity index (χ1n) is 4.44. The average Bonchev–Trinajstić information content (AvgIpc) is 2.19. The van der Waals surface area contributed by atoms with Crippen LogP contribution in [0.2, 0.25) is 0 Å². The fraction of sp³-hybridized carbons (Fsp3) is 0.400. The Morgan fingerprint density at radius 1 is 1.57 bits per heavy atom. The third kappa shape index (κ3) is 2.73. The first kappa shape index (κ1) is 10.5. The number of pyridine rings is 1. The highest BCUT2D eigenvalue weighted by molar-refractivity contribution is 5.52. The van der Waals surface area contributed by atoms with Gasteiger partial charge in [-0.25, -0.2) is 4.98 Å². The number of nitrogens with zero attached hydrogens (tertiary/aromatic N) is 2. The van der Waals surface area contributed by atoms with Gasteiger partial charge in [-0.3, -0.25) is 0 Å². The molecule has 4 nitrogen and oxygen atoms in total. The van der Waals surface area contributed by atoms with E-state index in [4.69, 9.17) is 4.74 Å². The highest BCUT2D eigenvalue weighted by Crippen LogP contribution is 2.22. The molecule has 0 saturated heterocycles. The fourth-order valence-electron chi connectivity index (χ4n) is 1.05. The van der Waals surface area contributed by atoms with Crippen molar-refractivity contribution in [2.45, 2.75) is 6.42 Å². The number of hydrogen-bond donors (Lipinski definition) is 0. The molecule has 4 heteroatoms. The van der Waals surface area contributed by atoms with Crippen LogP contribution < -0.4 is 9.64 Å². The summed E-state index contributed by atoms with van der Waals surface area (Å²) in [7, 11) is 3.80. The molecule has 0 aliphatic rings. The zero-order chi connectivity index (χ0) is 10.4. The van der Waals surface area contributed by atoms with E-state index in [2.05, 4.69) is 4.98 Å². The van der Waals surface area contributed by atoms with E-state index in [-0.39, 0.29) is 0 Å². The van der Waals surface area contributed by atoms with Gasteiger partial charge in [0.2, 0.25) is 0 Å². The van der Waals surface area contributed by atoms with Crippen molar-refractivity contribution in [3.63, 3.8) is 0 Å². The Kier molecular flexibility index (Phi) is 3.91. The number of carbonyl (C=O) groups is 1. The molecule has 1 aromatic rings. The quantitative estimate of drug-likeness (QED) is 0.520. The van der Waals surface area contributed by atoms with Crippen molar-refractivity contribution < 1.29 is 9.53 Å². The summed E-state index contributed by atoms with van der Waals surface area (Å²) >= 11 is 0. The maximum Gasteiger partial charge on any atom is 0.170 e. The van der Waals surface area contributed by atoms with Gasteiger partial charge >= 0.3 is 0 Å². The largest absolute Gasteiger partial charge is 0.489 e. The van der Waals surface area contributed by atoms with Crippen LogP contribution in [0.5, 0.6) is 5.75 Å². The van der Waals surface area contributed by atoms with Crippen molar-refractivity contribution in [3.05, 3.63) is 18.3 Å². The maximum absolute atomic E-state index is 10.1. The van der Waals surface area contributed by atoms with Gasteiger partial charge in [0.05, 0.1) is 6.61 Å². The van der Waals surface area contributed by atoms with Gasteiger partial charge in [-0.15, -0.1) is 0 Å². The molecule has 1 aromatic heterocycles. The van der Waals surface area contributed by atoms with Crippen LogP contribution in [-0.2, 0) is 4.79 Å². The van der Waals surface area contributed by atoms with E-state index in [9.17, 15) is 4.79 Å². The van der Waals surface area contributed by atoms with Gasteiger partial charge in [0.25, 0.3) is 0 Å². The normalized spacial score (nSPS) is 9.57. The topological polar surface area (TPSA) is 42.4 Å². The fourth-order valence-corrected chi connectivity index (χ4v) is 1.05. The number of aldehydes is 1. The molecule has 0 amide bonds. The van der Waals surface area contributed by atoms with Crippen LogP contribution in [-0.4, -0.2) is 32.0 Å². The maximum atomic E-state index is 10.1. The van der Waals surface area contributed by atoms with Crippen LogP contribution in [0.3, 0.4) is 0 Å². The number of rotatable bonds is 5. The van der Waals surface area contributed by atoms with Gasteiger partial charge in [0.1, 0.15) is 6.29 Å². The van der Waals surface area contributed by atoms with E-state index in [1.165, 1.54) is 0 Å². The minimum absolute atomic E-state index is 0.399. The summed E-state index contributed by atoms with van der Waals surface area (Å²) in [6.07, 6.45) is 2.95. The first-order valence-corrected chi connectivity index (χ1v) is 4.44. The van der Waals surface area contributed by atoms with Crippen molar-refractivity contribution in [2.75, 3.05) is 25.6 Å². The standard InChI is InChI=1S/C10H14N2O2/c1-12(2)10-9(5-3-6-11-10)14-8-4-7-13/h3,5-7H,4,8H2,1-2H3. The Bertz CT molecular complexity index is 300. The molecule has 0 unspecified atom stereocenters. The second kappa shape index (κ2) is 5.21. The van der Waals surface area contributed by atoms with Gasteiger partial charge in [-0.1, -0.05) is 0 Å². The Morgan fingerprint density at radius 3 is 3.00 bits per heavy atom. The van der Waals surface area contributed by atoms with Crippen LogP contribution in [0, 0.1) is 0 Å². The van der Waals surface area contributed by atoms with Gasteiger partial charge in [-0.2, -0.15) is 0 Å². The second-order valence-corrected chi connectivity index (χ2v) is 3.02. The summed E-state index contributed by atoms with van der Waals surface area (Å²) in [5, 5.41) is 0. The molecule has 0 saturated carbocycles. The molecule has 0 aromatic carbocycles. The summed E-state index contributed by atoms with van der Waals surface area (Å²) in [5.74, 6) is 1.48. The lowest BCUT2D eigenvalue weighted by Gasteiger charge is -2.15. The van der Waals surface area contributed by atoms with Gasteiger partial charge in [-0.05, 0) is 12.1 Å². The molecular weight excluding hydrogens is 180 g/mol. The zero-order valence-electron chi connectivity index (χ0n) is 8.43. The molecule has 14 heavy (non-hydrogen) atoms. The Hall–Kier alpha value is -1.58. The molecular formula is C10H14N2O2. The summed E-state index contributed by atoms with van der Waals surface area (Å²) < 4.78 is 5.40. The first-order chi connectivity index (χ1) is 6.75. The number of ether oxygens (including phenoxy) is 1. The van der Waals surface area contributed by atoms with Crippen molar-refractivity contribution in [2.24, 2.45) is 0 Å². The van der Waals surface area contributed by atoms with E-state index in [0.717, 1.165) is 12.1 Å². The molecule has 1 heterocycles. The molecule has 0 aliphatic heterocycles. The number of aromatic nitrogens is 1. The Balaban J connectivity index is 2.69. The smallest absolute Gasteiger partial charge is 0.170 e. The molecule has 0 fully saturated rings. The predicted octanol–water partition coefficient (Wildman–Crippen LogP) is 1.12. The highest BCUT2D eigenvalue weighted by atomic mass is 16.5. The molecule has 76 valence electrons. The van der Waals surface area contributed by atoms with Crippen LogP contribution in [0.1, 0.15) is 6.42 Å². The third-order valence-electron chi connectivity index (χ3n) is 1.67. The minimum Gasteiger partial charge on any atom is -0.489 e. The van der Waals surface area contributed by atoms with E-state index in [1.54, 1.807) is 6.20 Å². The molecule has 0 atom stereocenters. The Morgan fingerprint density at radius 2 is 2.36 bits per heavy atom. The van der Waals surface area contributed by atoms with E-state index >= 15 is 0 Å². The van der Waals surface area contributed by atoms with Gasteiger partial charge < -0.3 is 14.4 Å². The predicted molar refractivity (Wildman–Crippen MR) is 54.7 cm³/mol. The Labute approximate surface area is 83.5 Å². The lowest BCUT2D eigenvalue weighted by molar-refractivity contribution is -0.108. The number of carbonyl (C=O) groups excluding carboxylic acids is 1. The van der Waals surface area contributed by atoms with E-state index in [0.29, 0.717) is 18.8 Å². The number of anilines is 1. The highest BCUT2D eigenvalue weighted by Gasteiger charge is 2.05. The molecule has 0 radical (unpaired) electrons. The monoisotopic (exact) mass is 194 g/mol. The molecule has 0 aliphatic carbocycles. The zero-order valence-corrected chi connectivity index (χ0v) is 8.43. The second-order valence-electron chi connectivity index (χ2n) is 3.02. The summed E-state index contributed by atoms with van der Waals surface area (Å²) in [6.45, 7) is 0.399. The summed E-state index contributed by atoms with van der Waals surface area (Å²) in [6, 6.07) is 3.65. The van der Waals surface area contributed by atoms with Crippen molar-refractivity contribution in [1.29, 1.82) is 0 Å². The summed E-state index contributed by atoms with van der Waals surface area (Å²) in [4.78, 5) is 16.1. The average molecular weight is 194 g/mol. The molecule has 1 rings (SSSR count). The SMILES string of the molecule is CN(C)c1ncccc1OCCC=O. The number of hydrogen-bond acceptors (Lipinski definition) is 4. The van der Waals surface area contributed by atoms with Crippen LogP contribution in [0.4, 0.5) is 5.82 Å². The third-order valence-corrected chi connectivity index (χ3v) is 1.67. The van der Waals surface area contributed by atoms with E-state index in [1.807, 2.05) is 31.1 Å². The molecule has 0 bridgehead atoms. The van der Waals surface area contributed by atoms with E-state index < -0.39 is 0 Å². The molecule has 0 spiro atoms. The van der Waals surface area contributed by atoms with Gasteiger partial charge in [0, 0.05) is 26.7 Å². The van der Waals surface area contributed by atoms with Gasteiger partial charge in [0.15, 0.2) is 11.6 Å². The van der Waals surface area contributed by atoms with Crippen LogP contribution in [0.15, 0.2) is 18.3 Å². The molecule has 0 N–H and O–H groups in total. The lowest BCUT2D eigenvalue weighted by Crippen LogP contribution is -2.12. The summed E-state index contributed by atoms with van der Waals surface area (Å²) in [5.41, 5.74) is 0. The minimum atomic E-state index is 0.399. The van der Waals surface area contributed by atoms with Crippen molar-refractivity contribution in [3.8, 4) is 5.75 Å². The van der Waals surface area contributed by atoms with Crippen LogP contribution in [0.25, 0.3) is 0 Å². The van der Waals surface area contributed by atoms with Crippen LogP contribution >= 0.6 is 0 Å².